The number of ether oxygens (including phenoxy) is 1. The Balaban J connectivity index is 1.73. The number of amides is 2. The summed E-state index contributed by atoms with van der Waals surface area (Å²) in [4.78, 5) is 32.8. The molecule has 3 rings (SSSR count). The van der Waals surface area contributed by atoms with Crippen molar-refractivity contribution in [2.24, 2.45) is 0 Å². The summed E-state index contributed by atoms with van der Waals surface area (Å²) in [7, 11) is 0. The first kappa shape index (κ1) is 18.9. The molecule has 1 N–H and O–H groups in total. The van der Waals surface area contributed by atoms with Crippen LogP contribution in [0.5, 0.6) is 0 Å². The highest BCUT2D eigenvalue weighted by Crippen LogP contribution is 2.17. The molecule has 2 aromatic heterocycles. The number of hydrogen-bond acceptors (Lipinski definition) is 6. The second-order valence-electron chi connectivity index (χ2n) is 7.15. The molecule has 27 heavy (non-hydrogen) atoms. The van der Waals surface area contributed by atoms with Crippen molar-refractivity contribution in [1.29, 1.82) is 0 Å². The SMILES string of the molecule is CC(C)NC(=O)c1cnn2ccc(N3CCN(C(=O)OC(C)C)CC3)nc12. The molecule has 1 aliphatic rings. The Kier molecular flexibility index (Phi) is 5.48. The minimum atomic E-state index is -0.281. The molecule has 0 atom stereocenters. The van der Waals surface area contributed by atoms with Gasteiger partial charge in [-0.25, -0.2) is 14.3 Å². The highest BCUT2D eigenvalue weighted by molar-refractivity contribution is 5.99. The Bertz CT molecular complexity index is 824. The van der Waals surface area contributed by atoms with Gasteiger partial charge in [0.2, 0.25) is 0 Å². The quantitative estimate of drug-likeness (QED) is 0.873. The van der Waals surface area contributed by atoms with Gasteiger partial charge in [-0.1, -0.05) is 0 Å². The van der Waals surface area contributed by atoms with Crippen LogP contribution in [0.25, 0.3) is 5.65 Å². The van der Waals surface area contributed by atoms with Crippen molar-refractivity contribution in [3.63, 3.8) is 0 Å². The summed E-state index contributed by atoms with van der Waals surface area (Å²) in [6.45, 7) is 9.93. The van der Waals surface area contributed by atoms with Crippen molar-refractivity contribution in [3.8, 4) is 0 Å². The third-order valence-corrected chi connectivity index (χ3v) is 4.22. The van der Waals surface area contributed by atoms with Gasteiger partial charge in [-0.05, 0) is 33.8 Å². The van der Waals surface area contributed by atoms with Gasteiger partial charge in [-0.15, -0.1) is 0 Å². The number of carbonyl (C=O) groups excluding carboxylic acids is 2. The van der Waals surface area contributed by atoms with Crippen LogP contribution in [0.2, 0.25) is 0 Å². The topological polar surface area (TPSA) is 92.1 Å². The standard InChI is InChI=1S/C18H26N6O3/c1-12(2)20-17(25)14-11-19-24-6-5-15(21-16(14)24)22-7-9-23(10-8-22)18(26)27-13(3)4/h5-6,11-13H,7-10H2,1-4H3,(H,20,25). The Hall–Kier alpha value is -2.84. The number of hydrogen-bond donors (Lipinski definition) is 1. The van der Waals surface area contributed by atoms with E-state index >= 15 is 0 Å². The van der Waals surface area contributed by atoms with Gasteiger partial charge in [-0.3, -0.25) is 4.79 Å². The van der Waals surface area contributed by atoms with Crippen LogP contribution in [0.4, 0.5) is 10.6 Å². The van der Waals surface area contributed by atoms with Gasteiger partial charge in [0.25, 0.3) is 5.91 Å². The average molecular weight is 374 g/mol. The van der Waals surface area contributed by atoms with Gasteiger partial charge in [-0.2, -0.15) is 5.10 Å². The van der Waals surface area contributed by atoms with Crippen LogP contribution in [-0.2, 0) is 4.74 Å². The number of nitrogens with zero attached hydrogens (tertiary/aromatic N) is 5. The maximum atomic E-state index is 12.3. The first-order valence-electron chi connectivity index (χ1n) is 9.21. The molecule has 9 heteroatoms. The number of fused-ring (bicyclic) bond motifs is 1. The van der Waals surface area contributed by atoms with E-state index in [2.05, 4.69) is 20.3 Å². The van der Waals surface area contributed by atoms with Crippen LogP contribution < -0.4 is 10.2 Å². The second-order valence-corrected chi connectivity index (χ2v) is 7.15. The van der Waals surface area contributed by atoms with E-state index in [0.29, 0.717) is 37.4 Å². The summed E-state index contributed by atoms with van der Waals surface area (Å²) in [5.74, 6) is 0.573. The molecule has 1 fully saturated rings. The third-order valence-electron chi connectivity index (χ3n) is 4.22. The van der Waals surface area contributed by atoms with Gasteiger partial charge in [0, 0.05) is 38.4 Å². The molecule has 0 radical (unpaired) electrons. The molecule has 1 aliphatic heterocycles. The summed E-state index contributed by atoms with van der Waals surface area (Å²) in [6.07, 6.45) is 2.92. The predicted octanol–water partition coefficient (Wildman–Crippen LogP) is 1.53. The van der Waals surface area contributed by atoms with Crippen molar-refractivity contribution < 1.29 is 14.3 Å². The molecule has 2 amide bonds. The fraction of sp³-hybridized carbons (Fsp3) is 0.556. The van der Waals surface area contributed by atoms with Crippen LogP contribution in [-0.4, -0.2) is 69.8 Å². The highest BCUT2D eigenvalue weighted by atomic mass is 16.6. The van der Waals surface area contributed by atoms with Gasteiger partial charge >= 0.3 is 6.09 Å². The fourth-order valence-corrected chi connectivity index (χ4v) is 2.93. The van der Waals surface area contributed by atoms with Gasteiger partial charge in [0.05, 0.1) is 12.3 Å². The lowest BCUT2D eigenvalue weighted by Crippen LogP contribution is -2.49. The summed E-state index contributed by atoms with van der Waals surface area (Å²) >= 11 is 0. The van der Waals surface area contributed by atoms with E-state index in [1.54, 1.807) is 15.6 Å². The van der Waals surface area contributed by atoms with Crippen molar-refractivity contribution in [2.75, 3.05) is 31.1 Å². The second kappa shape index (κ2) is 7.81. The Morgan fingerprint density at radius 1 is 1.15 bits per heavy atom. The number of rotatable bonds is 4. The van der Waals surface area contributed by atoms with Crippen LogP contribution >= 0.6 is 0 Å². The maximum absolute atomic E-state index is 12.3. The van der Waals surface area contributed by atoms with Crippen LogP contribution in [0.1, 0.15) is 38.1 Å². The fourth-order valence-electron chi connectivity index (χ4n) is 2.93. The number of piperazine rings is 1. The predicted molar refractivity (Wildman–Crippen MR) is 101 cm³/mol. The van der Waals surface area contributed by atoms with Crippen molar-refractivity contribution >= 4 is 23.5 Å². The zero-order valence-corrected chi connectivity index (χ0v) is 16.2. The molecule has 3 heterocycles. The summed E-state index contributed by atoms with van der Waals surface area (Å²) in [5.41, 5.74) is 0.969. The van der Waals surface area contributed by atoms with Crippen molar-refractivity contribution in [2.45, 2.75) is 39.8 Å². The zero-order valence-electron chi connectivity index (χ0n) is 16.2. The Labute approximate surface area is 158 Å². The summed E-state index contributed by atoms with van der Waals surface area (Å²) in [6, 6.07) is 1.90. The van der Waals surface area contributed by atoms with Gasteiger partial charge in [0.1, 0.15) is 11.4 Å². The van der Waals surface area contributed by atoms with E-state index in [1.165, 1.54) is 6.20 Å². The minimum Gasteiger partial charge on any atom is -0.447 e. The molecule has 146 valence electrons. The number of nitrogens with one attached hydrogen (secondary N) is 1. The molecule has 9 nitrogen and oxygen atoms in total. The maximum Gasteiger partial charge on any atom is 0.410 e. The smallest absolute Gasteiger partial charge is 0.410 e. The molecule has 0 aromatic carbocycles. The minimum absolute atomic E-state index is 0.0364. The van der Waals surface area contributed by atoms with Crippen LogP contribution in [0.3, 0.4) is 0 Å². The van der Waals surface area contributed by atoms with E-state index in [4.69, 9.17) is 4.74 Å². The highest BCUT2D eigenvalue weighted by Gasteiger charge is 2.24. The summed E-state index contributed by atoms with van der Waals surface area (Å²) < 4.78 is 6.84. The lowest BCUT2D eigenvalue weighted by molar-refractivity contribution is 0.0750. The third kappa shape index (κ3) is 4.29. The average Bonchev–Trinajstić information content (AvgIpc) is 3.04. The largest absolute Gasteiger partial charge is 0.447 e. The molecule has 0 spiro atoms. The molecular weight excluding hydrogens is 348 g/mol. The van der Waals surface area contributed by atoms with Crippen LogP contribution in [0, 0.1) is 0 Å². The molecule has 0 unspecified atom stereocenters. The van der Waals surface area contributed by atoms with E-state index in [0.717, 1.165) is 5.82 Å². The Morgan fingerprint density at radius 3 is 2.48 bits per heavy atom. The van der Waals surface area contributed by atoms with Gasteiger partial charge in [0.15, 0.2) is 5.65 Å². The lowest BCUT2D eigenvalue weighted by atomic mass is 10.3. The zero-order chi connectivity index (χ0) is 19.6. The molecule has 0 bridgehead atoms. The molecule has 0 saturated carbocycles. The lowest BCUT2D eigenvalue weighted by Gasteiger charge is -2.35. The van der Waals surface area contributed by atoms with E-state index in [1.807, 2.05) is 33.8 Å². The summed E-state index contributed by atoms with van der Waals surface area (Å²) in [5, 5.41) is 7.07. The normalized spacial score (nSPS) is 14.9. The molecule has 2 aromatic rings. The van der Waals surface area contributed by atoms with E-state index in [9.17, 15) is 9.59 Å². The number of aromatic nitrogens is 3. The van der Waals surface area contributed by atoms with Crippen LogP contribution in [0.15, 0.2) is 18.5 Å². The first-order chi connectivity index (χ1) is 12.8. The van der Waals surface area contributed by atoms with Crippen molar-refractivity contribution in [1.82, 2.24) is 24.8 Å². The van der Waals surface area contributed by atoms with E-state index < -0.39 is 0 Å². The van der Waals surface area contributed by atoms with Gasteiger partial charge < -0.3 is 19.9 Å². The molecule has 0 aliphatic carbocycles. The number of anilines is 1. The first-order valence-corrected chi connectivity index (χ1v) is 9.21. The van der Waals surface area contributed by atoms with Crippen molar-refractivity contribution in [3.05, 3.63) is 24.0 Å². The van der Waals surface area contributed by atoms with E-state index in [-0.39, 0.29) is 24.1 Å². The Morgan fingerprint density at radius 2 is 1.85 bits per heavy atom. The monoisotopic (exact) mass is 374 g/mol. The molecule has 1 saturated heterocycles. The number of carbonyl (C=O) groups is 2. The molecular formula is C18H26N6O3.